The van der Waals surface area contributed by atoms with Gasteiger partial charge in [-0.25, -0.2) is 0 Å². The van der Waals surface area contributed by atoms with Crippen LogP contribution in [0, 0.1) is 0 Å². The lowest BCUT2D eigenvalue weighted by atomic mass is 10.0. The molecule has 0 rings (SSSR count). The van der Waals surface area contributed by atoms with E-state index < -0.39 is 12.1 Å². The molecule has 0 aromatic carbocycles. The van der Waals surface area contributed by atoms with Crippen LogP contribution in [0.25, 0.3) is 0 Å². The van der Waals surface area contributed by atoms with Crippen molar-refractivity contribution >= 4 is 11.9 Å². The van der Waals surface area contributed by atoms with Gasteiger partial charge in [-0.1, -0.05) is 347 Å². The van der Waals surface area contributed by atoms with E-state index in [0.717, 1.165) is 38.5 Å². The van der Waals surface area contributed by atoms with E-state index in [1.54, 1.807) is 0 Å². The monoisotopic (exact) mass is 1070 g/mol. The molecule has 452 valence electrons. The van der Waals surface area contributed by atoms with E-state index in [1.807, 2.05) is 0 Å². The Morgan fingerprint density at radius 2 is 0.618 bits per heavy atom. The van der Waals surface area contributed by atoms with Crippen LogP contribution in [0.15, 0.2) is 12.2 Å². The van der Waals surface area contributed by atoms with Crippen molar-refractivity contribution in [2.45, 2.75) is 411 Å². The smallest absolute Gasteiger partial charge is 0.305 e. The summed E-state index contributed by atoms with van der Waals surface area (Å²) in [6.45, 7) is 4.99. The lowest BCUT2D eigenvalue weighted by Gasteiger charge is -2.22. The summed E-state index contributed by atoms with van der Waals surface area (Å²) in [5.74, 6) is -0.0201. The summed E-state index contributed by atoms with van der Waals surface area (Å²) >= 11 is 0. The van der Waals surface area contributed by atoms with E-state index in [0.29, 0.717) is 25.9 Å². The third-order valence-electron chi connectivity index (χ3n) is 16.6. The minimum atomic E-state index is -0.668. The van der Waals surface area contributed by atoms with Gasteiger partial charge in [0.15, 0.2) is 0 Å². The lowest BCUT2D eigenvalue weighted by molar-refractivity contribution is -0.143. The molecule has 76 heavy (non-hydrogen) atoms. The zero-order valence-corrected chi connectivity index (χ0v) is 51.8. The average molecular weight is 1070 g/mol. The molecule has 6 nitrogen and oxygen atoms in total. The molecule has 6 heteroatoms. The van der Waals surface area contributed by atoms with Gasteiger partial charge in [-0.3, -0.25) is 9.59 Å². The van der Waals surface area contributed by atoms with Crippen molar-refractivity contribution in [3.05, 3.63) is 12.2 Å². The minimum absolute atomic E-state index is 0.0174. The Morgan fingerprint density at radius 3 is 0.934 bits per heavy atom. The summed E-state index contributed by atoms with van der Waals surface area (Å²) in [5.41, 5.74) is 0. The summed E-state index contributed by atoms with van der Waals surface area (Å²) < 4.78 is 5.51. The number of amides is 1. The van der Waals surface area contributed by atoms with Gasteiger partial charge in [0.2, 0.25) is 5.91 Å². The molecule has 0 bridgehead atoms. The number of aliphatic hydroxyl groups excluding tert-OH is 2. The molecule has 1 amide bonds. The number of hydrogen-bond donors (Lipinski definition) is 3. The van der Waals surface area contributed by atoms with Crippen molar-refractivity contribution in [3.63, 3.8) is 0 Å². The predicted molar refractivity (Wildman–Crippen MR) is 333 cm³/mol. The van der Waals surface area contributed by atoms with Gasteiger partial charge in [0.05, 0.1) is 25.4 Å². The van der Waals surface area contributed by atoms with E-state index in [1.165, 1.54) is 327 Å². The second-order valence-electron chi connectivity index (χ2n) is 24.2. The molecule has 0 aliphatic heterocycles. The normalized spacial score (nSPS) is 12.5. The van der Waals surface area contributed by atoms with Gasteiger partial charge in [0.1, 0.15) is 0 Å². The molecule has 0 spiro atoms. The second kappa shape index (κ2) is 66.1. The molecular formula is C70H137NO5. The van der Waals surface area contributed by atoms with Crippen LogP contribution in [-0.2, 0) is 14.3 Å². The van der Waals surface area contributed by atoms with Crippen molar-refractivity contribution in [3.8, 4) is 0 Å². The first-order valence-corrected chi connectivity index (χ1v) is 34.9. The van der Waals surface area contributed by atoms with Gasteiger partial charge in [0.25, 0.3) is 0 Å². The lowest BCUT2D eigenvalue weighted by Crippen LogP contribution is -2.45. The van der Waals surface area contributed by atoms with Crippen LogP contribution < -0.4 is 5.32 Å². The van der Waals surface area contributed by atoms with Gasteiger partial charge in [-0.05, 0) is 51.4 Å². The SMILES string of the molecule is CCCCCCCCCCCCCCCCCCCCCC(=O)OCCCCCCCCCCCCCC/C=C\CCCCCCCCCC(=O)NC(CO)C(O)CCCCCCCCCCCCCCCCCCC. The molecule has 0 radical (unpaired) electrons. The number of allylic oxidation sites excluding steroid dienone is 2. The first kappa shape index (κ1) is 74.6. The third-order valence-corrected chi connectivity index (χ3v) is 16.6. The van der Waals surface area contributed by atoms with Crippen molar-refractivity contribution in [1.29, 1.82) is 0 Å². The first-order chi connectivity index (χ1) is 37.5. The third kappa shape index (κ3) is 61.8. The summed E-state index contributed by atoms with van der Waals surface area (Å²) in [5, 5.41) is 23.4. The summed E-state index contributed by atoms with van der Waals surface area (Å²) in [7, 11) is 0. The van der Waals surface area contributed by atoms with Crippen LogP contribution in [0.5, 0.6) is 0 Å². The molecule has 2 unspecified atom stereocenters. The van der Waals surface area contributed by atoms with Crippen molar-refractivity contribution in [1.82, 2.24) is 5.32 Å². The molecule has 0 saturated carbocycles. The number of aliphatic hydroxyl groups is 2. The number of nitrogens with one attached hydrogen (secondary N) is 1. The number of rotatable bonds is 66. The van der Waals surface area contributed by atoms with Gasteiger partial charge < -0.3 is 20.3 Å². The summed E-state index contributed by atoms with van der Waals surface area (Å²) in [4.78, 5) is 24.6. The van der Waals surface area contributed by atoms with Gasteiger partial charge in [-0.2, -0.15) is 0 Å². The Balaban J connectivity index is 3.38. The van der Waals surface area contributed by atoms with Crippen molar-refractivity contribution in [2.75, 3.05) is 13.2 Å². The highest BCUT2D eigenvalue weighted by atomic mass is 16.5. The second-order valence-corrected chi connectivity index (χ2v) is 24.2. The Labute approximate surface area is 476 Å². The number of hydrogen-bond acceptors (Lipinski definition) is 5. The minimum Gasteiger partial charge on any atom is -0.466 e. The highest BCUT2D eigenvalue weighted by Gasteiger charge is 2.20. The Morgan fingerprint density at radius 1 is 0.355 bits per heavy atom. The predicted octanol–water partition coefficient (Wildman–Crippen LogP) is 22.4. The van der Waals surface area contributed by atoms with Crippen LogP contribution in [0.3, 0.4) is 0 Å². The average Bonchev–Trinajstić information content (AvgIpc) is 3.42. The van der Waals surface area contributed by atoms with Gasteiger partial charge in [0, 0.05) is 12.8 Å². The van der Waals surface area contributed by atoms with Crippen molar-refractivity contribution < 1.29 is 24.5 Å². The molecule has 0 saturated heterocycles. The Bertz CT molecular complexity index is 1140. The molecule has 0 aromatic heterocycles. The number of esters is 1. The van der Waals surface area contributed by atoms with E-state index in [9.17, 15) is 19.8 Å². The maximum absolute atomic E-state index is 12.5. The highest BCUT2D eigenvalue weighted by molar-refractivity contribution is 5.76. The molecule has 3 N–H and O–H groups in total. The number of ether oxygens (including phenoxy) is 1. The topological polar surface area (TPSA) is 95.9 Å². The van der Waals surface area contributed by atoms with Crippen LogP contribution in [0.1, 0.15) is 399 Å². The Hall–Kier alpha value is -1.40. The summed E-state index contributed by atoms with van der Waals surface area (Å²) in [6, 6.07) is -0.546. The van der Waals surface area contributed by atoms with Crippen LogP contribution in [0.4, 0.5) is 0 Å². The van der Waals surface area contributed by atoms with E-state index in [2.05, 4.69) is 31.3 Å². The quantitative estimate of drug-likeness (QED) is 0.0320. The highest BCUT2D eigenvalue weighted by Crippen LogP contribution is 2.19. The van der Waals surface area contributed by atoms with Crippen LogP contribution >= 0.6 is 0 Å². The largest absolute Gasteiger partial charge is 0.466 e. The maximum atomic E-state index is 12.5. The zero-order chi connectivity index (χ0) is 55.0. The fraction of sp³-hybridized carbons (Fsp3) is 0.943. The fourth-order valence-corrected chi connectivity index (χ4v) is 11.2. The zero-order valence-electron chi connectivity index (χ0n) is 51.8. The molecule has 0 aliphatic rings. The van der Waals surface area contributed by atoms with E-state index >= 15 is 0 Å². The molecule has 2 atom stereocenters. The van der Waals surface area contributed by atoms with E-state index in [-0.39, 0.29) is 18.5 Å². The molecular weight excluding hydrogens is 935 g/mol. The number of carbonyl (C=O) groups is 2. The standard InChI is InChI=1S/C70H137NO5/c1-3-5-7-9-11-13-15-17-19-21-27-32-36-40-44-48-52-56-60-64-70(75)76-65-61-57-53-49-45-41-37-33-29-26-24-22-23-25-28-31-35-39-43-47-51-55-59-63-69(74)71-67(66-72)68(73)62-58-54-50-46-42-38-34-30-20-18-16-14-12-10-8-6-4-2/h25,28,67-68,72-73H,3-24,26-27,29-66H2,1-2H3,(H,71,74)/b28-25-. The van der Waals surface area contributed by atoms with Crippen LogP contribution in [0.2, 0.25) is 0 Å². The van der Waals surface area contributed by atoms with Crippen LogP contribution in [-0.4, -0.2) is 47.4 Å². The maximum Gasteiger partial charge on any atom is 0.305 e. The first-order valence-electron chi connectivity index (χ1n) is 34.9. The molecule has 0 aromatic rings. The summed E-state index contributed by atoms with van der Waals surface area (Å²) in [6.07, 6.45) is 81.1. The molecule has 0 fully saturated rings. The van der Waals surface area contributed by atoms with E-state index in [4.69, 9.17) is 4.74 Å². The fourth-order valence-electron chi connectivity index (χ4n) is 11.2. The Kier molecular flexibility index (Phi) is 64.9. The van der Waals surface area contributed by atoms with Gasteiger partial charge >= 0.3 is 5.97 Å². The number of carbonyl (C=O) groups excluding carboxylic acids is 2. The molecule has 0 aliphatic carbocycles. The van der Waals surface area contributed by atoms with Crippen molar-refractivity contribution in [2.24, 2.45) is 0 Å². The molecule has 0 heterocycles. The van der Waals surface area contributed by atoms with Gasteiger partial charge in [-0.15, -0.1) is 0 Å². The number of unbranched alkanes of at least 4 members (excludes halogenated alkanes) is 53.